The quantitative estimate of drug-likeness (QED) is 0.366. The fourth-order valence-corrected chi connectivity index (χ4v) is 5.78. The van der Waals surface area contributed by atoms with Crippen LogP contribution in [0.3, 0.4) is 0 Å². The van der Waals surface area contributed by atoms with Crippen LogP contribution in [0.1, 0.15) is 37.4 Å². The Labute approximate surface area is 204 Å². The normalized spacial score (nSPS) is 10.8. The van der Waals surface area contributed by atoms with Crippen LogP contribution < -0.4 is 5.32 Å². The zero-order valence-corrected chi connectivity index (χ0v) is 21.7. The molecule has 12 heteroatoms. The van der Waals surface area contributed by atoms with Crippen LogP contribution >= 0.6 is 34.4 Å². The number of rotatable bonds is 8. The van der Waals surface area contributed by atoms with Gasteiger partial charge in [-0.2, -0.15) is 0 Å². The largest absolute Gasteiger partial charge is 0.465 e. The lowest BCUT2D eigenvalue weighted by Gasteiger charge is -2.08. The number of anilines is 1. The summed E-state index contributed by atoms with van der Waals surface area (Å²) in [7, 11) is 6.37. The third-order valence-electron chi connectivity index (χ3n) is 4.82. The van der Waals surface area contributed by atoms with Crippen LogP contribution in [-0.2, 0) is 23.0 Å². The van der Waals surface area contributed by atoms with Crippen molar-refractivity contribution in [1.29, 1.82) is 0 Å². The van der Waals surface area contributed by atoms with Crippen molar-refractivity contribution in [2.75, 3.05) is 32.3 Å². The molecule has 0 fully saturated rings. The highest BCUT2D eigenvalue weighted by atomic mass is 32.2. The van der Waals surface area contributed by atoms with E-state index in [9.17, 15) is 14.4 Å². The van der Waals surface area contributed by atoms with Crippen molar-refractivity contribution in [3.8, 4) is 11.4 Å². The number of nitrogens with one attached hydrogen (secondary N) is 1. The number of aryl methyl sites for hydroxylation is 1. The standard InChI is InChI=1S/C21H25N5O4S3/c1-7-13-8-12(9-31-13)17-23-24-21(26(17)5)32-10-14(27)22-18-15(20(29)30-6)11(2)16(33-18)19(28)25(3)4/h8-9H,7,10H2,1-6H3,(H,22,27). The molecule has 3 aromatic rings. The summed E-state index contributed by atoms with van der Waals surface area (Å²) in [6, 6.07) is 2.09. The van der Waals surface area contributed by atoms with Gasteiger partial charge in [-0.05, 0) is 25.0 Å². The van der Waals surface area contributed by atoms with Crippen molar-refractivity contribution in [3.05, 3.63) is 32.3 Å². The van der Waals surface area contributed by atoms with Gasteiger partial charge in [0.2, 0.25) is 5.91 Å². The van der Waals surface area contributed by atoms with E-state index in [0.717, 1.165) is 29.1 Å². The number of hydrogen-bond acceptors (Lipinski definition) is 9. The maximum Gasteiger partial charge on any atom is 0.341 e. The summed E-state index contributed by atoms with van der Waals surface area (Å²) in [6.45, 7) is 3.77. The van der Waals surface area contributed by atoms with Crippen LogP contribution in [-0.4, -0.2) is 64.4 Å². The van der Waals surface area contributed by atoms with Crippen LogP contribution in [0.2, 0.25) is 0 Å². The molecule has 9 nitrogen and oxygen atoms in total. The number of hydrogen-bond donors (Lipinski definition) is 1. The average molecular weight is 508 g/mol. The highest BCUT2D eigenvalue weighted by molar-refractivity contribution is 7.99. The molecule has 0 aliphatic carbocycles. The van der Waals surface area contributed by atoms with Crippen LogP contribution in [0.4, 0.5) is 5.00 Å². The van der Waals surface area contributed by atoms with Gasteiger partial charge in [0.25, 0.3) is 5.91 Å². The van der Waals surface area contributed by atoms with Crippen molar-refractivity contribution in [1.82, 2.24) is 19.7 Å². The molecule has 3 aromatic heterocycles. The van der Waals surface area contributed by atoms with Gasteiger partial charge in [0.15, 0.2) is 11.0 Å². The molecule has 0 spiro atoms. The Morgan fingerprint density at radius 1 is 1.27 bits per heavy atom. The van der Waals surface area contributed by atoms with Gasteiger partial charge in [-0.1, -0.05) is 18.7 Å². The molecule has 3 rings (SSSR count). The number of nitrogens with zero attached hydrogens (tertiary/aromatic N) is 4. The van der Waals surface area contributed by atoms with Gasteiger partial charge in [-0.3, -0.25) is 9.59 Å². The number of thiophene rings is 2. The number of ether oxygens (including phenoxy) is 1. The first-order valence-electron chi connectivity index (χ1n) is 10.0. The highest BCUT2D eigenvalue weighted by Crippen LogP contribution is 2.34. The predicted molar refractivity (Wildman–Crippen MR) is 131 cm³/mol. The van der Waals surface area contributed by atoms with Crippen LogP contribution in [0.5, 0.6) is 0 Å². The second kappa shape index (κ2) is 10.5. The highest BCUT2D eigenvalue weighted by Gasteiger charge is 2.27. The summed E-state index contributed by atoms with van der Waals surface area (Å²) >= 11 is 3.98. The average Bonchev–Trinajstić information content (AvgIpc) is 3.48. The Morgan fingerprint density at radius 2 is 2.00 bits per heavy atom. The first-order valence-corrected chi connectivity index (χ1v) is 12.7. The maximum atomic E-state index is 12.7. The van der Waals surface area contributed by atoms with E-state index in [0.29, 0.717) is 20.6 Å². The second-order valence-corrected chi connectivity index (χ2v) is 10.3. The van der Waals surface area contributed by atoms with Gasteiger partial charge in [-0.15, -0.1) is 32.9 Å². The van der Waals surface area contributed by atoms with E-state index in [1.807, 2.05) is 17.0 Å². The monoisotopic (exact) mass is 507 g/mol. The molecule has 2 amide bonds. The third-order valence-corrected chi connectivity index (χ3v) is 8.11. The summed E-state index contributed by atoms with van der Waals surface area (Å²) in [5.41, 5.74) is 1.67. The number of methoxy groups -OCH3 is 1. The van der Waals surface area contributed by atoms with Crippen molar-refractivity contribution >= 4 is 57.2 Å². The summed E-state index contributed by atoms with van der Waals surface area (Å²) in [5.74, 6) is -0.385. The number of thioether (sulfide) groups is 1. The van der Waals surface area contributed by atoms with Gasteiger partial charge >= 0.3 is 5.97 Å². The first-order chi connectivity index (χ1) is 15.7. The van der Waals surface area contributed by atoms with Gasteiger partial charge in [0.05, 0.1) is 23.3 Å². The summed E-state index contributed by atoms with van der Waals surface area (Å²) in [5, 5.41) is 14.2. The lowest BCUT2D eigenvalue weighted by molar-refractivity contribution is -0.113. The molecule has 3 heterocycles. The number of carbonyl (C=O) groups is 3. The minimum absolute atomic E-state index is 0.0599. The van der Waals surface area contributed by atoms with Gasteiger partial charge in [-0.25, -0.2) is 4.79 Å². The molecule has 1 N–H and O–H groups in total. The molecular weight excluding hydrogens is 482 g/mol. The number of carbonyl (C=O) groups excluding carboxylic acids is 3. The lowest BCUT2D eigenvalue weighted by Crippen LogP contribution is -2.21. The number of esters is 1. The van der Waals surface area contributed by atoms with E-state index >= 15 is 0 Å². The molecule has 0 aliphatic heterocycles. The molecule has 0 aliphatic rings. The summed E-state index contributed by atoms with van der Waals surface area (Å²) in [6.07, 6.45) is 0.960. The molecule has 0 bridgehead atoms. The molecule has 0 saturated carbocycles. The van der Waals surface area contributed by atoms with E-state index in [1.54, 1.807) is 32.4 Å². The minimum Gasteiger partial charge on any atom is -0.465 e. The fraction of sp³-hybridized carbons (Fsp3) is 0.381. The molecule has 0 saturated heterocycles. The molecule has 176 valence electrons. The third kappa shape index (κ3) is 5.28. The lowest BCUT2D eigenvalue weighted by atomic mass is 10.1. The Hall–Kier alpha value is -2.70. The first kappa shape index (κ1) is 24.9. The summed E-state index contributed by atoms with van der Waals surface area (Å²) < 4.78 is 6.71. The van der Waals surface area contributed by atoms with Crippen molar-refractivity contribution in [3.63, 3.8) is 0 Å². The molecule has 33 heavy (non-hydrogen) atoms. The topological polar surface area (TPSA) is 106 Å². The molecule has 0 aromatic carbocycles. The van der Waals surface area contributed by atoms with E-state index < -0.39 is 5.97 Å². The Morgan fingerprint density at radius 3 is 2.61 bits per heavy atom. The van der Waals surface area contributed by atoms with E-state index in [1.165, 1.54) is 28.6 Å². The zero-order chi connectivity index (χ0) is 24.3. The fourth-order valence-electron chi connectivity index (χ4n) is 3.02. The van der Waals surface area contributed by atoms with Gasteiger partial charge in [0.1, 0.15) is 5.00 Å². The minimum atomic E-state index is -0.607. The predicted octanol–water partition coefficient (Wildman–Crippen LogP) is 3.70. The molecule has 0 unspecified atom stereocenters. The van der Waals surface area contributed by atoms with E-state index in [4.69, 9.17) is 4.74 Å². The molecule has 0 radical (unpaired) electrons. The van der Waals surface area contributed by atoms with Gasteiger partial charge < -0.3 is 19.5 Å². The Bertz CT molecular complexity index is 1190. The zero-order valence-electron chi connectivity index (χ0n) is 19.2. The second-order valence-electron chi connectivity index (χ2n) is 7.31. The number of amides is 2. The Kier molecular flexibility index (Phi) is 7.92. The van der Waals surface area contributed by atoms with Gasteiger partial charge in [0, 0.05) is 37.0 Å². The van der Waals surface area contributed by atoms with E-state index in [2.05, 4.69) is 28.5 Å². The van der Waals surface area contributed by atoms with Crippen LogP contribution in [0.25, 0.3) is 11.4 Å². The van der Waals surface area contributed by atoms with Crippen molar-refractivity contribution in [2.45, 2.75) is 25.4 Å². The van der Waals surface area contributed by atoms with Crippen molar-refractivity contribution < 1.29 is 19.1 Å². The SMILES string of the molecule is CCc1cc(-c2nnc(SCC(=O)Nc3sc(C(=O)N(C)C)c(C)c3C(=O)OC)n2C)cs1. The number of aromatic nitrogens is 3. The van der Waals surface area contributed by atoms with Crippen LogP contribution in [0, 0.1) is 6.92 Å². The Balaban J connectivity index is 1.74. The smallest absolute Gasteiger partial charge is 0.341 e. The summed E-state index contributed by atoms with van der Waals surface area (Å²) in [4.78, 5) is 40.5. The van der Waals surface area contributed by atoms with Crippen LogP contribution in [0.15, 0.2) is 16.6 Å². The molecule has 0 atom stereocenters. The van der Waals surface area contributed by atoms with E-state index in [-0.39, 0.29) is 23.1 Å². The van der Waals surface area contributed by atoms with Crippen molar-refractivity contribution in [2.24, 2.45) is 7.05 Å². The molecular formula is C21H25N5O4S3. The maximum absolute atomic E-state index is 12.7.